The Kier molecular flexibility index (Phi) is 6.03. The van der Waals surface area contributed by atoms with Crippen LogP contribution in [0.4, 0.5) is 0 Å². The Bertz CT molecular complexity index is 1350. The van der Waals surface area contributed by atoms with Crippen LogP contribution in [0.3, 0.4) is 0 Å². The molecule has 0 spiro atoms. The predicted octanol–water partition coefficient (Wildman–Crippen LogP) is 6.68. The predicted molar refractivity (Wildman–Crippen MR) is 135 cm³/mol. The number of carbonyl (C=O) groups is 2. The van der Waals surface area contributed by atoms with Crippen molar-refractivity contribution >= 4 is 27.8 Å². The highest BCUT2D eigenvalue weighted by Gasteiger charge is 2.44. The number of amides is 1. The molecule has 168 valence electrons. The standard InChI is InChI=1S/C29H22BrNO3/c30-23-15-13-21(14-16-23)27-26(29(33)34)24-11-4-5-12-25(24)28(32)31(27)18-19-7-6-10-22(17-19)20-8-2-1-3-9-20/h1-17,26-27H,18H2,(H,33,34). The molecular formula is C29H22BrNO3. The van der Waals surface area contributed by atoms with E-state index in [4.69, 9.17) is 0 Å². The second kappa shape index (κ2) is 9.27. The molecule has 0 bridgehead atoms. The molecule has 1 aliphatic heterocycles. The van der Waals surface area contributed by atoms with Crippen LogP contribution in [0.15, 0.2) is 108 Å². The van der Waals surface area contributed by atoms with Crippen molar-refractivity contribution in [2.24, 2.45) is 0 Å². The Hall–Kier alpha value is -3.70. The van der Waals surface area contributed by atoms with Crippen LogP contribution in [0.1, 0.15) is 39.0 Å². The number of aliphatic carboxylic acids is 1. The molecule has 0 aromatic heterocycles. The van der Waals surface area contributed by atoms with Gasteiger partial charge in [0, 0.05) is 16.6 Å². The number of hydrogen-bond acceptors (Lipinski definition) is 2. The number of carboxylic acid groups (broad SMARTS) is 1. The fraction of sp³-hybridized carbons (Fsp3) is 0.103. The van der Waals surface area contributed by atoms with Gasteiger partial charge in [0.1, 0.15) is 5.92 Å². The Morgan fingerprint density at radius 3 is 2.24 bits per heavy atom. The van der Waals surface area contributed by atoms with Gasteiger partial charge in [-0.15, -0.1) is 0 Å². The van der Waals surface area contributed by atoms with E-state index >= 15 is 0 Å². The third kappa shape index (κ3) is 4.15. The van der Waals surface area contributed by atoms with E-state index in [1.807, 2.05) is 72.8 Å². The van der Waals surface area contributed by atoms with Crippen LogP contribution < -0.4 is 0 Å². The molecule has 2 atom stereocenters. The van der Waals surface area contributed by atoms with Crippen molar-refractivity contribution in [1.82, 2.24) is 4.90 Å². The van der Waals surface area contributed by atoms with Crippen LogP contribution in [0, 0.1) is 0 Å². The summed E-state index contributed by atoms with van der Waals surface area (Å²) in [5, 5.41) is 10.3. The monoisotopic (exact) mass is 511 g/mol. The molecule has 4 nitrogen and oxygen atoms in total. The second-order valence-electron chi connectivity index (χ2n) is 8.40. The average molecular weight is 512 g/mol. The van der Waals surface area contributed by atoms with Crippen LogP contribution in [0.25, 0.3) is 11.1 Å². The number of nitrogens with zero attached hydrogens (tertiary/aromatic N) is 1. The second-order valence-corrected chi connectivity index (χ2v) is 9.31. The molecule has 0 fully saturated rings. The lowest BCUT2D eigenvalue weighted by Gasteiger charge is -2.41. The van der Waals surface area contributed by atoms with Crippen molar-refractivity contribution < 1.29 is 14.7 Å². The van der Waals surface area contributed by atoms with Crippen LogP contribution in [0.2, 0.25) is 0 Å². The third-order valence-corrected chi connectivity index (χ3v) is 6.83. The van der Waals surface area contributed by atoms with Crippen LogP contribution >= 0.6 is 15.9 Å². The first-order valence-corrected chi connectivity index (χ1v) is 11.8. The number of carbonyl (C=O) groups excluding carboxylic acids is 1. The van der Waals surface area contributed by atoms with Crippen molar-refractivity contribution in [2.45, 2.75) is 18.5 Å². The van der Waals surface area contributed by atoms with Gasteiger partial charge in [-0.3, -0.25) is 9.59 Å². The van der Waals surface area contributed by atoms with Gasteiger partial charge in [-0.1, -0.05) is 94.8 Å². The van der Waals surface area contributed by atoms with E-state index in [2.05, 4.69) is 22.0 Å². The number of hydrogen-bond donors (Lipinski definition) is 1. The third-order valence-electron chi connectivity index (χ3n) is 6.30. The molecule has 5 rings (SSSR count). The SMILES string of the molecule is O=C(O)C1c2ccccc2C(=O)N(Cc2cccc(-c3ccccc3)c2)C1c1ccc(Br)cc1. The minimum absolute atomic E-state index is 0.161. The molecule has 1 amide bonds. The van der Waals surface area contributed by atoms with Crippen LogP contribution in [-0.4, -0.2) is 21.9 Å². The largest absolute Gasteiger partial charge is 0.481 e. The Morgan fingerprint density at radius 2 is 1.50 bits per heavy atom. The summed E-state index contributed by atoms with van der Waals surface area (Å²) in [6, 6.07) is 32.1. The molecule has 0 aliphatic carbocycles. The highest BCUT2D eigenvalue weighted by atomic mass is 79.9. The van der Waals surface area contributed by atoms with Crippen molar-refractivity contribution in [3.05, 3.63) is 130 Å². The summed E-state index contributed by atoms with van der Waals surface area (Å²) < 4.78 is 0.896. The first-order chi connectivity index (χ1) is 16.5. The van der Waals surface area contributed by atoms with Gasteiger partial charge < -0.3 is 10.0 Å². The van der Waals surface area contributed by atoms with E-state index in [0.29, 0.717) is 17.7 Å². The number of halogens is 1. The zero-order chi connectivity index (χ0) is 23.7. The van der Waals surface area contributed by atoms with E-state index in [0.717, 1.165) is 26.7 Å². The minimum atomic E-state index is -0.948. The fourth-order valence-electron chi connectivity index (χ4n) is 4.74. The summed E-state index contributed by atoms with van der Waals surface area (Å²) >= 11 is 3.45. The lowest BCUT2D eigenvalue weighted by Crippen LogP contribution is -2.44. The van der Waals surface area contributed by atoms with E-state index in [1.165, 1.54) is 0 Å². The quantitative estimate of drug-likeness (QED) is 0.325. The molecule has 4 aromatic carbocycles. The van der Waals surface area contributed by atoms with Gasteiger partial charge in [0.05, 0.1) is 6.04 Å². The normalized spacial score (nSPS) is 17.3. The Balaban J connectivity index is 1.61. The fourth-order valence-corrected chi connectivity index (χ4v) is 5.01. The summed E-state index contributed by atoms with van der Waals surface area (Å²) in [4.78, 5) is 28.0. The van der Waals surface area contributed by atoms with Gasteiger partial charge in [0.2, 0.25) is 0 Å². The molecular weight excluding hydrogens is 490 g/mol. The molecule has 4 aromatic rings. The number of benzene rings is 4. The van der Waals surface area contributed by atoms with Crippen molar-refractivity contribution in [3.8, 4) is 11.1 Å². The molecule has 0 saturated heterocycles. The number of rotatable bonds is 5. The van der Waals surface area contributed by atoms with Gasteiger partial charge in [-0.05, 0) is 52.1 Å². The maximum absolute atomic E-state index is 13.7. The minimum Gasteiger partial charge on any atom is -0.481 e. The summed E-state index contributed by atoms with van der Waals surface area (Å²) in [6.07, 6.45) is 0. The van der Waals surface area contributed by atoms with Crippen LogP contribution in [0.5, 0.6) is 0 Å². The lowest BCUT2D eigenvalue weighted by molar-refractivity contribution is -0.140. The topological polar surface area (TPSA) is 57.6 Å². The Morgan fingerprint density at radius 1 is 0.824 bits per heavy atom. The summed E-state index contributed by atoms with van der Waals surface area (Å²) in [7, 11) is 0. The molecule has 1 heterocycles. The van der Waals surface area contributed by atoms with Gasteiger partial charge in [0.25, 0.3) is 5.91 Å². The Labute approximate surface area is 206 Å². The smallest absolute Gasteiger partial charge is 0.313 e. The summed E-state index contributed by atoms with van der Waals surface area (Å²) in [5.74, 6) is -1.98. The van der Waals surface area contributed by atoms with E-state index in [-0.39, 0.29) is 5.91 Å². The molecule has 1 N–H and O–H groups in total. The summed E-state index contributed by atoms with van der Waals surface area (Å²) in [5.41, 5.74) is 4.88. The van der Waals surface area contributed by atoms with Crippen molar-refractivity contribution in [3.63, 3.8) is 0 Å². The molecule has 5 heteroatoms. The maximum Gasteiger partial charge on any atom is 0.313 e. The van der Waals surface area contributed by atoms with Crippen LogP contribution in [-0.2, 0) is 11.3 Å². The zero-order valence-corrected chi connectivity index (χ0v) is 19.9. The first kappa shape index (κ1) is 22.1. The van der Waals surface area contributed by atoms with E-state index < -0.39 is 17.9 Å². The zero-order valence-electron chi connectivity index (χ0n) is 18.3. The molecule has 0 radical (unpaired) electrons. The highest BCUT2D eigenvalue weighted by molar-refractivity contribution is 9.10. The van der Waals surface area contributed by atoms with Crippen molar-refractivity contribution in [1.29, 1.82) is 0 Å². The highest BCUT2D eigenvalue weighted by Crippen LogP contribution is 2.44. The molecule has 34 heavy (non-hydrogen) atoms. The lowest BCUT2D eigenvalue weighted by atomic mass is 9.79. The molecule has 1 aliphatic rings. The van der Waals surface area contributed by atoms with Crippen molar-refractivity contribution in [2.75, 3.05) is 0 Å². The average Bonchev–Trinajstić information content (AvgIpc) is 2.86. The number of carboxylic acids is 1. The molecule has 2 unspecified atom stereocenters. The van der Waals surface area contributed by atoms with Gasteiger partial charge in [-0.25, -0.2) is 0 Å². The van der Waals surface area contributed by atoms with E-state index in [9.17, 15) is 14.7 Å². The van der Waals surface area contributed by atoms with Gasteiger partial charge in [-0.2, -0.15) is 0 Å². The summed E-state index contributed by atoms with van der Waals surface area (Å²) in [6.45, 7) is 0.304. The number of fused-ring (bicyclic) bond motifs is 1. The first-order valence-electron chi connectivity index (χ1n) is 11.1. The van der Waals surface area contributed by atoms with E-state index in [1.54, 1.807) is 29.2 Å². The van der Waals surface area contributed by atoms with Gasteiger partial charge in [0.15, 0.2) is 0 Å². The van der Waals surface area contributed by atoms with Gasteiger partial charge >= 0.3 is 5.97 Å². The molecule has 0 saturated carbocycles. The maximum atomic E-state index is 13.7.